The monoisotopic (exact) mass is 617 g/mol. The van der Waals surface area contributed by atoms with E-state index >= 15 is 4.39 Å². The predicted molar refractivity (Wildman–Crippen MR) is 150 cm³/mol. The van der Waals surface area contributed by atoms with Crippen LogP contribution in [0.1, 0.15) is 33.4 Å². The highest BCUT2D eigenvalue weighted by molar-refractivity contribution is 14.1. The summed E-state index contributed by atoms with van der Waals surface area (Å²) in [7, 11) is 0.598. The summed E-state index contributed by atoms with van der Waals surface area (Å²) in [6.07, 6.45) is 1.76. The molecule has 0 saturated heterocycles. The van der Waals surface area contributed by atoms with Gasteiger partial charge < -0.3 is 9.30 Å². The molecular formula is C26H29FIN5O2Si. The number of nitrogens with zero attached hydrogens (tertiary/aromatic N) is 5. The molecule has 3 heterocycles. The van der Waals surface area contributed by atoms with Crippen molar-refractivity contribution in [3.8, 4) is 0 Å². The van der Waals surface area contributed by atoms with Crippen LogP contribution in [-0.2, 0) is 18.5 Å². The fraction of sp³-hybridized carbons (Fsp3) is 0.346. The highest BCUT2D eigenvalue weighted by atomic mass is 127. The Morgan fingerprint density at radius 3 is 2.67 bits per heavy atom. The van der Waals surface area contributed by atoms with Crippen LogP contribution >= 0.6 is 22.6 Å². The molecule has 1 unspecified atom stereocenters. The Labute approximate surface area is 224 Å². The molecule has 1 aliphatic rings. The Bertz CT molecular complexity index is 1480. The molecule has 0 radical (unpaired) electrons. The third kappa shape index (κ3) is 4.50. The van der Waals surface area contributed by atoms with Gasteiger partial charge in [0.1, 0.15) is 18.2 Å². The van der Waals surface area contributed by atoms with Gasteiger partial charge in [-0.3, -0.25) is 14.4 Å². The summed E-state index contributed by atoms with van der Waals surface area (Å²) in [6, 6.07) is 11.3. The first-order valence-electron chi connectivity index (χ1n) is 11.9. The molecule has 0 fully saturated rings. The molecule has 1 amide bonds. The van der Waals surface area contributed by atoms with Crippen LogP contribution in [0.3, 0.4) is 0 Å². The summed E-state index contributed by atoms with van der Waals surface area (Å²) in [4.78, 5) is 19.9. The number of hydrogen-bond donors (Lipinski definition) is 0. The van der Waals surface area contributed by atoms with E-state index in [0.29, 0.717) is 29.4 Å². The van der Waals surface area contributed by atoms with Gasteiger partial charge in [0.15, 0.2) is 0 Å². The fourth-order valence-electron chi connectivity index (χ4n) is 4.75. The van der Waals surface area contributed by atoms with E-state index in [0.717, 1.165) is 32.8 Å². The van der Waals surface area contributed by atoms with Gasteiger partial charge in [0, 0.05) is 42.1 Å². The smallest absolute Gasteiger partial charge is 0.277 e. The second kappa shape index (κ2) is 9.38. The summed E-state index contributed by atoms with van der Waals surface area (Å²) in [5, 5.41) is 4.46. The SMILES string of the molecule is Cc1nn(C)c2c1C(c1ccc(I)cc1F)N(c1ccc3c(c1)ncn3COCC[Si](C)(C)C)C2=O. The molecule has 1 aliphatic heterocycles. The van der Waals surface area contributed by atoms with Gasteiger partial charge in [-0.25, -0.2) is 9.37 Å². The molecule has 36 heavy (non-hydrogen) atoms. The number of fused-ring (bicyclic) bond motifs is 2. The Morgan fingerprint density at radius 2 is 1.94 bits per heavy atom. The lowest BCUT2D eigenvalue weighted by molar-refractivity contribution is 0.0898. The van der Waals surface area contributed by atoms with Crippen LogP contribution in [0.4, 0.5) is 10.1 Å². The van der Waals surface area contributed by atoms with Crippen molar-refractivity contribution >= 4 is 53.3 Å². The maximum absolute atomic E-state index is 15.2. The second-order valence-electron chi connectivity index (χ2n) is 10.5. The highest BCUT2D eigenvalue weighted by Crippen LogP contribution is 2.44. The van der Waals surface area contributed by atoms with Crippen molar-refractivity contribution in [2.24, 2.45) is 7.05 Å². The lowest BCUT2D eigenvalue weighted by Crippen LogP contribution is -2.30. The Morgan fingerprint density at radius 1 is 1.17 bits per heavy atom. The van der Waals surface area contributed by atoms with Crippen molar-refractivity contribution < 1.29 is 13.9 Å². The van der Waals surface area contributed by atoms with Gasteiger partial charge in [0.2, 0.25) is 0 Å². The highest BCUT2D eigenvalue weighted by Gasteiger charge is 2.44. The van der Waals surface area contributed by atoms with Gasteiger partial charge in [-0.15, -0.1) is 0 Å². The number of amides is 1. The normalized spacial score (nSPS) is 15.8. The number of aromatic nitrogens is 4. The number of imidazole rings is 1. The maximum atomic E-state index is 15.2. The summed E-state index contributed by atoms with van der Waals surface area (Å²) in [6.45, 7) is 10.0. The molecule has 0 aliphatic carbocycles. The molecule has 0 N–H and O–H groups in total. The molecular weight excluding hydrogens is 588 g/mol. The van der Waals surface area contributed by atoms with Gasteiger partial charge in [0.25, 0.3) is 5.91 Å². The number of hydrogen-bond acceptors (Lipinski definition) is 4. The molecule has 0 saturated carbocycles. The minimum atomic E-state index is -1.15. The third-order valence-electron chi connectivity index (χ3n) is 6.59. The fourth-order valence-corrected chi connectivity index (χ4v) is 5.96. The van der Waals surface area contributed by atoms with E-state index in [9.17, 15) is 4.79 Å². The number of carbonyl (C=O) groups is 1. The summed E-state index contributed by atoms with van der Waals surface area (Å²) < 4.78 is 25.5. The second-order valence-corrected chi connectivity index (χ2v) is 17.3. The molecule has 1 atom stereocenters. The molecule has 10 heteroatoms. The Hall–Kier alpha value is -2.57. The van der Waals surface area contributed by atoms with Gasteiger partial charge in [-0.05, 0) is 65.9 Å². The summed E-state index contributed by atoms with van der Waals surface area (Å²) in [5.41, 5.74) is 4.72. The van der Waals surface area contributed by atoms with E-state index in [1.165, 1.54) is 6.07 Å². The van der Waals surface area contributed by atoms with Crippen molar-refractivity contribution in [2.45, 2.75) is 45.4 Å². The lowest BCUT2D eigenvalue weighted by atomic mass is 9.98. The van der Waals surface area contributed by atoms with Crippen LogP contribution in [0.2, 0.25) is 25.7 Å². The van der Waals surface area contributed by atoms with Crippen LogP contribution in [0.25, 0.3) is 11.0 Å². The zero-order valence-corrected chi connectivity index (χ0v) is 24.2. The predicted octanol–water partition coefficient (Wildman–Crippen LogP) is 5.88. The van der Waals surface area contributed by atoms with Crippen LogP contribution in [0.5, 0.6) is 0 Å². The molecule has 2 aromatic heterocycles. The van der Waals surface area contributed by atoms with Crippen LogP contribution < -0.4 is 4.90 Å². The minimum absolute atomic E-state index is 0.204. The number of ether oxygens (including phenoxy) is 1. The van der Waals surface area contributed by atoms with Crippen LogP contribution in [-0.4, -0.2) is 39.9 Å². The van der Waals surface area contributed by atoms with Gasteiger partial charge in [-0.1, -0.05) is 25.7 Å². The van der Waals surface area contributed by atoms with E-state index in [4.69, 9.17) is 4.74 Å². The van der Waals surface area contributed by atoms with E-state index in [1.54, 1.807) is 29.0 Å². The van der Waals surface area contributed by atoms with Crippen LogP contribution in [0, 0.1) is 16.3 Å². The van der Waals surface area contributed by atoms with Crippen molar-refractivity contribution in [3.63, 3.8) is 0 Å². The number of carbonyl (C=O) groups excluding carboxylic acids is 1. The molecule has 2 aromatic carbocycles. The summed E-state index contributed by atoms with van der Waals surface area (Å²) >= 11 is 2.09. The number of aryl methyl sites for hydroxylation is 2. The van der Waals surface area contributed by atoms with Crippen molar-refractivity contribution in [1.29, 1.82) is 0 Å². The average Bonchev–Trinajstić information content (AvgIpc) is 3.43. The Kier molecular flexibility index (Phi) is 6.54. The van der Waals surface area contributed by atoms with E-state index in [1.807, 2.05) is 35.8 Å². The molecule has 0 bridgehead atoms. The van der Waals surface area contributed by atoms with Crippen molar-refractivity contribution in [2.75, 3.05) is 11.5 Å². The first-order valence-corrected chi connectivity index (χ1v) is 16.7. The topological polar surface area (TPSA) is 65.2 Å². The van der Waals surface area contributed by atoms with E-state index in [2.05, 4.69) is 52.3 Å². The van der Waals surface area contributed by atoms with Crippen molar-refractivity contribution in [3.05, 3.63) is 74.6 Å². The number of benzene rings is 2. The van der Waals surface area contributed by atoms with Gasteiger partial charge >= 0.3 is 0 Å². The zero-order valence-electron chi connectivity index (χ0n) is 21.0. The van der Waals surface area contributed by atoms with E-state index in [-0.39, 0.29) is 11.7 Å². The van der Waals surface area contributed by atoms with E-state index < -0.39 is 14.1 Å². The third-order valence-corrected chi connectivity index (χ3v) is 8.96. The van der Waals surface area contributed by atoms with Crippen LogP contribution in [0.15, 0.2) is 42.7 Å². The quantitative estimate of drug-likeness (QED) is 0.148. The number of halogens is 2. The molecule has 7 nitrogen and oxygen atoms in total. The lowest BCUT2D eigenvalue weighted by Gasteiger charge is -2.26. The zero-order chi connectivity index (χ0) is 25.8. The molecule has 188 valence electrons. The molecule has 4 aromatic rings. The standard InChI is InChI=1S/C26H29FIN5O2Si/c1-16-23-24(19-8-6-17(28)12-20(19)27)33(26(34)25(23)31(2)30-16)18-7-9-22-21(13-18)29-14-32(22)15-35-10-11-36(3,4)5/h6-9,12-14,24H,10-11,15H2,1-5H3. The van der Waals surface area contributed by atoms with Gasteiger partial charge in [-0.2, -0.15) is 5.10 Å². The largest absolute Gasteiger partial charge is 0.361 e. The van der Waals surface area contributed by atoms with Gasteiger partial charge in [0.05, 0.1) is 29.1 Å². The first kappa shape index (κ1) is 25.1. The maximum Gasteiger partial charge on any atom is 0.277 e. The molecule has 0 spiro atoms. The average molecular weight is 618 g/mol. The number of anilines is 1. The Balaban J connectivity index is 1.51. The minimum Gasteiger partial charge on any atom is -0.361 e. The molecule has 5 rings (SSSR count). The van der Waals surface area contributed by atoms with Crippen molar-refractivity contribution in [1.82, 2.24) is 19.3 Å². The summed E-state index contributed by atoms with van der Waals surface area (Å²) in [5.74, 6) is -0.550. The first-order chi connectivity index (χ1) is 17.0. The number of rotatable bonds is 7.